The van der Waals surface area contributed by atoms with Crippen LogP contribution in [0.1, 0.15) is 12.5 Å². The number of rotatable bonds is 3. The molecule has 1 N–H and O–H groups in total. The number of halogens is 1. The molecule has 0 saturated heterocycles. The molecule has 3 rings (SSSR count). The average molecular weight is 338 g/mol. The van der Waals surface area contributed by atoms with E-state index < -0.39 is 5.91 Å². The zero-order chi connectivity index (χ0) is 17.1. The van der Waals surface area contributed by atoms with Crippen molar-refractivity contribution in [3.8, 4) is 6.07 Å². The molecule has 2 aromatic carbocycles. The van der Waals surface area contributed by atoms with Crippen LogP contribution in [0, 0.1) is 11.3 Å². The van der Waals surface area contributed by atoms with E-state index in [1.807, 2.05) is 29.2 Å². The molecule has 4 nitrogen and oxygen atoms in total. The average Bonchev–Trinajstić information content (AvgIpc) is 2.87. The number of nitrogens with zero attached hydrogens (tertiary/aromatic N) is 2. The zero-order valence-electron chi connectivity index (χ0n) is 13.2. The number of nitriles is 1. The fourth-order valence-corrected chi connectivity index (χ4v) is 3.02. The van der Waals surface area contributed by atoms with Gasteiger partial charge in [0.1, 0.15) is 11.6 Å². The van der Waals surface area contributed by atoms with E-state index in [0.717, 1.165) is 12.1 Å². The molecule has 24 heavy (non-hydrogen) atoms. The molecular weight excluding hydrogens is 322 g/mol. The number of fused-ring (bicyclic) bond motifs is 1. The lowest BCUT2D eigenvalue weighted by atomic mass is 10.1. The highest BCUT2D eigenvalue weighted by molar-refractivity contribution is 6.31. The Morgan fingerprint density at radius 3 is 2.88 bits per heavy atom. The van der Waals surface area contributed by atoms with Gasteiger partial charge in [-0.2, -0.15) is 5.26 Å². The molecule has 1 unspecified atom stereocenters. The predicted octanol–water partition coefficient (Wildman–Crippen LogP) is 4.14. The van der Waals surface area contributed by atoms with E-state index in [9.17, 15) is 10.1 Å². The van der Waals surface area contributed by atoms with Crippen molar-refractivity contribution in [2.75, 3.05) is 10.2 Å². The van der Waals surface area contributed by atoms with E-state index in [1.165, 1.54) is 5.56 Å². The first-order valence-electron chi connectivity index (χ1n) is 7.63. The fraction of sp³-hybridized carbons (Fsp3) is 0.158. The van der Waals surface area contributed by atoms with E-state index >= 15 is 0 Å². The summed E-state index contributed by atoms with van der Waals surface area (Å²) in [7, 11) is 0. The number of amides is 1. The van der Waals surface area contributed by atoms with Crippen LogP contribution in [0.3, 0.4) is 0 Å². The lowest BCUT2D eigenvalue weighted by Crippen LogP contribution is -2.25. The molecule has 0 bridgehead atoms. The summed E-state index contributed by atoms with van der Waals surface area (Å²) in [6.07, 6.45) is 2.51. The second kappa shape index (κ2) is 6.77. The molecule has 1 aliphatic heterocycles. The lowest BCUT2D eigenvalue weighted by Gasteiger charge is -2.20. The molecule has 0 radical (unpaired) electrons. The van der Waals surface area contributed by atoms with E-state index in [0.29, 0.717) is 10.7 Å². The van der Waals surface area contributed by atoms with E-state index in [1.54, 1.807) is 30.5 Å². The van der Waals surface area contributed by atoms with Crippen LogP contribution < -0.4 is 10.2 Å². The summed E-state index contributed by atoms with van der Waals surface area (Å²) in [6.45, 7) is 2.07. The Kier molecular flexibility index (Phi) is 4.54. The van der Waals surface area contributed by atoms with Gasteiger partial charge in [0.2, 0.25) is 0 Å². The Morgan fingerprint density at radius 1 is 1.33 bits per heavy atom. The Hall–Kier alpha value is -2.77. The quantitative estimate of drug-likeness (QED) is 0.676. The maximum Gasteiger partial charge on any atom is 0.267 e. The third-order valence-corrected chi connectivity index (χ3v) is 4.21. The standard InChI is InChI=1S/C19H16ClN3O/c1-13-9-14-5-2-3-8-18(14)23(13)12-15(11-21)19(24)22-17-7-4-6-16(20)10-17/h2-8,10,12-13H,9H2,1H3,(H,22,24)/b15-12-. The highest BCUT2D eigenvalue weighted by Gasteiger charge is 2.25. The summed E-state index contributed by atoms with van der Waals surface area (Å²) in [5.74, 6) is -0.448. The van der Waals surface area contributed by atoms with Crippen molar-refractivity contribution in [3.63, 3.8) is 0 Å². The van der Waals surface area contributed by atoms with Crippen LogP contribution in [0.25, 0.3) is 0 Å². The second-order valence-electron chi connectivity index (χ2n) is 5.71. The van der Waals surface area contributed by atoms with Crippen molar-refractivity contribution in [2.24, 2.45) is 0 Å². The van der Waals surface area contributed by atoms with Crippen LogP contribution in [-0.4, -0.2) is 11.9 Å². The van der Waals surface area contributed by atoms with E-state index in [-0.39, 0.29) is 11.6 Å². The topological polar surface area (TPSA) is 56.1 Å². The number of carbonyl (C=O) groups excluding carboxylic acids is 1. The molecule has 0 fully saturated rings. The molecule has 1 heterocycles. The van der Waals surface area contributed by atoms with Crippen molar-refractivity contribution >= 4 is 28.9 Å². The number of anilines is 2. The predicted molar refractivity (Wildman–Crippen MR) is 95.9 cm³/mol. The lowest BCUT2D eigenvalue weighted by molar-refractivity contribution is -0.112. The van der Waals surface area contributed by atoms with Gasteiger partial charge in [-0.05, 0) is 43.2 Å². The Morgan fingerprint density at radius 2 is 2.12 bits per heavy atom. The van der Waals surface area contributed by atoms with Crippen LogP contribution in [-0.2, 0) is 11.2 Å². The number of carbonyl (C=O) groups is 1. The van der Waals surface area contributed by atoms with Crippen LogP contribution >= 0.6 is 11.6 Å². The van der Waals surface area contributed by atoms with Gasteiger partial charge in [0.15, 0.2) is 0 Å². The molecule has 5 heteroatoms. The number of hydrogen-bond donors (Lipinski definition) is 1. The molecule has 1 atom stereocenters. The highest BCUT2D eigenvalue weighted by atomic mass is 35.5. The summed E-state index contributed by atoms with van der Waals surface area (Å²) in [4.78, 5) is 14.4. The minimum atomic E-state index is -0.448. The van der Waals surface area contributed by atoms with Crippen molar-refractivity contribution in [1.82, 2.24) is 0 Å². The van der Waals surface area contributed by atoms with Crippen LogP contribution in [0.15, 0.2) is 60.3 Å². The Labute approximate surface area is 146 Å². The number of benzene rings is 2. The highest BCUT2D eigenvalue weighted by Crippen LogP contribution is 2.32. The van der Waals surface area contributed by atoms with Gasteiger partial charge in [-0.3, -0.25) is 4.79 Å². The van der Waals surface area contributed by atoms with Crippen LogP contribution in [0.4, 0.5) is 11.4 Å². The van der Waals surface area contributed by atoms with Crippen LogP contribution in [0.5, 0.6) is 0 Å². The SMILES string of the molecule is CC1Cc2ccccc2N1/C=C(/C#N)C(=O)Nc1cccc(Cl)c1. The Balaban J connectivity index is 1.85. The summed E-state index contributed by atoms with van der Waals surface area (Å²) in [5.41, 5.74) is 2.86. The van der Waals surface area contributed by atoms with Gasteiger partial charge in [-0.15, -0.1) is 0 Å². The smallest absolute Gasteiger partial charge is 0.267 e. The van der Waals surface area contributed by atoms with Gasteiger partial charge in [0, 0.05) is 28.6 Å². The minimum absolute atomic E-state index is 0.0542. The maximum absolute atomic E-state index is 12.4. The molecule has 0 aromatic heterocycles. The first kappa shape index (κ1) is 16.1. The first-order chi connectivity index (χ1) is 11.6. The third kappa shape index (κ3) is 3.27. The summed E-state index contributed by atoms with van der Waals surface area (Å²) < 4.78 is 0. The molecule has 0 spiro atoms. The fourth-order valence-electron chi connectivity index (χ4n) is 2.83. The first-order valence-corrected chi connectivity index (χ1v) is 8.01. The molecule has 120 valence electrons. The molecule has 0 aliphatic carbocycles. The number of nitrogens with one attached hydrogen (secondary N) is 1. The van der Waals surface area contributed by atoms with Crippen LogP contribution in [0.2, 0.25) is 5.02 Å². The van der Waals surface area contributed by atoms with Gasteiger partial charge >= 0.3 is 0 Å². The van der Waals surface area contributed by atoms with E-state index in [4.69, 9.17) is 11.6 Å². The second-order valence-corrected chi connectivity index (χ2v) is 6.14. The van der Waals surface area contributed by atoms with Crippen molar-refractivity contribution in [3.05, 3.63) is 70.9 Å². The van der Waals surface area contributed by atoms with Gasteiger partial charge in [-0.25, -0.2) is 0 Å². The molecule has 2 aromatic rings. The number of hydrogen-bond acceptors (Lipinski definition) is 3. The van der Waals surface area contributed by atoms with Crippen molar-refractivity contribution < 1.29 is 4.79 Å². The van der Waals surface area contributed by atoms with Gasteiger partial charge < -0.3 is 10.2 Å². The summed E-state index contributed by atoms with van der Waals surface area (Å²) in [5, 5.41) is 12.6. The monoisotopic (exact) mass is 337 g/mol. The molecule has 0 saturated carbocycles. The van der Waals surface area contributed by atoms with Crippen molar-refractivity contribution in [1.29, 1.82) is 5.26 Å². The summed E-state index contributed by atoms with van der Waals surface area (Å²) >= 11 is 5.92. The normalized spacial score (nSPS) is 16.5. The van der Waals surface area contributed by atoms with Gasteiger partial charge in [-0.1, -0.05) is 35.9 Å². The van der Waals surface area contributed by atoms with Crippen molar-refractivity contribution in [2.45, 2.75) is 19.4 Å². The number of para-hydroxylation sites is 1. The van der Waals surface area contributed by atoms with Gasteiger partial charge in [0.05, 0.1) is 0 Å². The maximum atomic E-state index is 12.4. The van der Waals surface area contributed by atoms with Gasteiger partial charge in [0.25, 0.3) is 5.91 Å². The molecule has 1 aliphatic rings. The Bertz CT molecular complexity index is 854. The molecule has 1 amide bonds. The summed E-state index contributed by atoms with van der Waals surface area (Å²) in [6, 6.07) is 17.0. The molecular formula is C19H16ClN3O. The van der Waals surface area contributed by atoms with E-state index in [2.05, 4.69) is 18.3 Å². The zero-order valence-corrected chi connectivity index (χ0v) is 13.9. The minimum Gasteiger partial charge on any atom is -0.343 e. The largest absolute Gasteiger partial charge is 0.343 e. The third-order valence-electron chi connectivity index (χ3n) is 3.98.